The average molecular weight is 290 g/mol. The second kappa shape index (κ2) is 5.47. The molecule has 0 spiro atoms. The number of allylic oxidation sites excluding steroid dienone is 2. The molecule has 0 aromatic carbocycles. The van der Waals surface area contributed by atoms with Crippen molar-refractivity contribution < 1.29 is 4.84 Å². The number of hydroxylamine groups is 1. The number of hydrogen-bond acceptors (Lipinski definition) is 6. The highest BCUT2D eigenvalue weighted by Gasteiger charge is 2.31. The number of fused-ring (bicyclic) bond motifs is 1. The van der Waals surface area contributed by atoms with E-state index in [9.17, 15) is 0 Å². The Balaban J connectivity index is 2.00. The first-order valence-electron chi connectivity index (χ1n) is 6.62. The van der Waals surface area contributed by atoms with Gasteiger partial charge in [0.05, 0.1) is 12.8 Å². The van der Waals surface area contributed by atoms with E-state index in [-0.39, 0.29) is 0 Å². The van der Waals surface area contributed by atoms with Crippen molar-refractivity contribution in [3.63, 3.8) is 0 Å². The Morgan fingerprint density at radius 3 is 2.95 bits per heavy atom. The summed E-state index contributed by atoms with van der Waals surface area (Å²) in [5.41, 5.74) is 13.0. The van der Waals surface area contributed by atoms with Crippen LogP contribution in [0.25, 0.3) is 0 Å². The van der Waals surface area contributed by atoms with E-state index in [1.165, 1.54) is 4.88 Å². The van der Waals surface area contributed by atoms with Gasteiger partial charge in [-0.25, -0.2) is 9.98 Å². The molecule has 0 radical (unpaired) electrons. The molecule has 2 heterocycles. The van der Waals surface area contributed by atoms with Gasteiger partial charge in [0.15, 0.2) is 6.29 Å². The van der Waals surface area contributed by atoms with Crippen LogP contribution in [0.15, 0.2) is 38.8 Å². The summed E-state index contributed by atoms with van der Waals surface area (Å²) < 4.78 is 0. The van der Waals surface area contributed by atoms with Gasteiger partial charge in [-0.15, -0.1) is 11.3 Å². The van der Waals surface area contributed by atoms with E-state index in [1.807, 2.05) is 6.92 Å². The molecule has 6 heteroatoms. The van der Waals surface area contributed by atoms with Gasteiger partial charge in [-0.1, -0.05) is 6.07 Å². The lowest BCUT2D eigenvalue weighted by Crippen LogP contribution is -2.34. The van der Waals surface area contributed by atoms with Crippen LogP contribution in [-0.4, -0.2) is 24.8 Å². The molecule has 1 aromatic heterocycles. The molecule has 3 N–H and O–H groups in total. The van der Waals surface area contributed by atoms with Crippen LogP contribution in [0.4, 0.5) is 0 Å². The summed E-state index contributed by atoms with van der Waals surface area (Å²) in [5.74, 6) is 0.424. The van der Waals surface area contributed by atoms with Crippen molar-refractivity contribution in [2.24, 2.45) is 15.7 Å². The Morgan fingerprint density at radius 2 is 2.25 bits per heavy atom. The lowest BCUT2D eigenvalue weighted by Gasteiger charge is -2.30. The van der Waals surface area contributed by atoms with Crippen LogP contribution in [0, 0.1) is 0 Å². The quantitative estimate of drug-likeness (QED) is 0.838. The smallest absolute Gasteiger partial charge is 0.191 e. The van der Waals surface area contributed by atoms with E-state index in [2.05, 4.69) is 33.0 Å². The number of nitrogens with one attached hydrogen (secondary N) is 1. The molecule has 0 bridgehead atoms. The molecule has 20 heavy (non-hydrogen) atoms. The summed E-state index contributed by atoms with van der Waals surface area (Å²) in [7, 11) is 1.63. The number of hydrogen-bond donors (Lipinski definition) is 2. The van der Waals surface area contributed by atoms with E-state index in [4.69, 9.17) is 10.6 Å². The van der Waals surface area contributed by atoms with Gasteiger partial charge in [-0.05, 0) is 31.2 Å². The maximum Gasteiger partial charge on any atom is 0.191 e. The van der Waals surface area contributed by atoms with Crippen molar-refractivity contribution >= 4 is 22.8 Å². The first-order valence-corrected chi connectivity index (χ1v) is 7.50. The largest absolute Gasteiger partial charge is 0.291 e. The molecule has 1 aliphatic heterocycles. The molecule has 2 aliphatic rings. The molecular formula is C14H18N4OS. The predicted octanol–water partition coefficient (Wildman–Crippen LogP) is 2.19. The zero-order chi connectivity index (χ0) is 14.1. The molecule has 2 unspecified atom stereocenters. The number of rotatable bonds is 3. The van der Waals surface area contributed by atoms with Crippen molar-refractivity contribution in [3.05, 3.63) is 33.7 Å². The summed E-state index contributed by atoms with van der Waals surface area (Å²) >= 11 is 1.78. The molecule has 0 fully saturated rings. The van der Waals surface area contributed by atoms with Crippen LogP contribution in [0.5, 0.6) is 0 Å². The molecule has 2 atom stereocenters. The third kappa shape index (κ3) is 2.42. The third-order valence-corrected chi connectivity index (χ3v) is 4.66. The van der Waals surface area contributed by atoms with Gasteiger partial charge < -0.3 is 0 Å². The molecule has 5 nitrogen and oxygen atoms in total. The zero-order valence-corrected chi connectivity index (χ0v) is 12.4. The van der Waals surface area contributed by atoms with Gasteiger partial charge in [0.2, 0.25) is 0 Å². The van der Waals surface area contributed by atoms with Crippen molar-refractivity contribution in [2.45, 2.75) is 32.0 Å². The lowest BCUT2D eigenvalue weighted by molar-refractivity contribution is 0.113. The fraction of sp³-hybridized carbons (Fsp3) is 0.429. The summed E-state index contributed by atoms with van der Waals surface area (Å²) in [5, 5.41) is 2.11. The Kier molecular flexibility index (Phi) is 3.69. The Bertz CT molecular complexity index is 588. The molecule has 0 saturated carbocycles. The van der Waals surface area contributed by atoms with Gasteiger partial charge >= 0.3 is 0 Å². The molecule has 0 amide bonds. The maximum absolute atomic E-state index is 5.87. The Hall–Kier alpha value is -1.50. The highest BCUT2D eigenvalue weighted by molar-refractivity contribution is 7.10. The van der Waals surface area contributed by atoms with Crippen molar-refractivity contribution in [1.29, 1.82) is 0 Å². The van der Waals surface area contributed by atoms with E-state index < -0.39 is 6.29 Å². The number of nitrogens with two attached hydrogens (primary N) is 1. The van der Waals surface area contributed by atoms with Crippen LogP contribution in [-0.2, 0) is 4.84 Å². The fourth-order valence-electron chi connectivity index (χ4n) is 2.87. The van der Waals surface area contributed by atoms with Crippen molar-refractivity contribution in [2.75, 3.05) is 7.11 Å². The van der Waals surface area contributed by atoms with Gasteiger partial charge in [0.1, 0.15) is 0 Å². The summed E-state index contributed by atoms with van der Waals surface area (Å²) in [6, 6.07) is 4.26. The second-order valence-corrected chi connectivity index (χ2v) is 5.96. The molecule has 106 valence electrons. The van der Waals surface area contributed by atoms with E-state index >= 15 is 0 Å². The molecule has 1 aromatic rings. The predicted molar refractivity (Wildman–Crippen MR) is 82.0 cm³/mol. The van der Waals surface area contributed by atoms with Crippen LogP contribution < -0.4 is 11.2 Å². The minimum atomic E-state index is -0.473. The summed E-state index contributed by atoms with van der Waals surface area (Å²) in [6.45, 7) is 1.98. The zero-order valence-electron chi connectivity index (χ0n) is 11.6. The normalized spacial score (nSPS) is 25.9. The first-order chi connectivity index (χ1) is 9.69. The number of thiophene rings is 1. The highest BCUT2D eigenvalue weighted by Crippen LogP contribution is 2.37. The highest BCUT2D eigenvalue weighted by atomic mass is 32.1. The SMILES string of the molecule is CONC1=C2C(C)=NC(N)N=C2CC(c2cccs2)C1. The maximum atomic E-state index is 5.87. The molecule has 1 aliphatic carbocycles. The average Bonchev–Trinajstić information content (AvgIpc) is 2.91. The van der Waals surface area contributed by atoms with Crippen molar-refractivity contribution in [3.8, 4) is 0 Å². The van der Waals surface area contributed by atoms with Gasteiger partial charge in [0, 0.05) is 27.8 Å². The minimum absolute atomic E-state index is 0.424. The van der Waals surface area contributed by atoms with Crippen LogP contribution in [0.2, 0.25) is 0 Å². The number of aliphatic imine (C=N–C) groups is 2. The van der Waals surface area contributed by atoms with E-state index in [0.29, 0.717) is 5.92 Å². The summed E-state index contributed by atoms with van der Waals surface area (Å²) in [4.78, 5) is 15.3. The van der Waals surface area contributed by atoms with Crippen molar-refractivity contribution in [1.82, 2.24) is 5.48 Å². The van der Waals surface area contributed by atoms with Gasteiger partial charge in [-0.2, -0.15) is 0 Å². The van der Waals surface area contributed by atoms with E-state index in [0.717, 1.165) is 35.5 Å². The second-order valence-electron chi connectivity index (χ2n) is 4.98. The molecule has 0 saturated heterocycles. The topological polar surface area (TPSA) is 72.0 Å². The van der Waals surface area contributed by atoms with E-state index in [1.54, 1.807) is 18.4 Å². The number of nitrogens with zero attached hydrogens (tertiary/aromatic N) is 2. The Morgan fingerprint density at radius 1 is 1.40 bits per heavy atom. The lowest BCUT2D eigenvalue weighted by atomic mass is 9.82. The standard InChI is InChI=1S/C14H18N4OS/c1-8-13-10(17-14(15)16-8)6-9(7-11(13)18-19-2)12-4-3-5-20-12/h3-5,9,14,18H,6-7,15H2,1-2H3. The van der Waals surface area contributed by atoms with Crippen LogP contribution in [0.1, 0.15) is 30.6 Å². The fourth-order valence-corrected chi connectivity index (χ4v) is 3.70. The monoisotopic (exact) mass is 290 g/mol. The minimum Gasteiger partial charge on any atom is -0.291 e. The van der Waals surface area contributed by atoms with Gasteiger partial charge in [0.25, 0.3) is 0 Å². The third-order valence-electron chi connectivity index (χ3n) is 3.63. The first kappa shape index (κ1) is 13.5. The summed E-state index contributed by atoms with van der Waals surface area (Å²) in [6.07, 6.45) is 1.34. The van der Waals surface area contributed by atoms with Gasteiger partial charge in [-0.3, -0.25) is 16.1 Å². The van der Waals surface area contributed by atoms with Crippen LogP contribution >= 0.6 is 11.3 Å². The van der Waals surface area contributed by atoms with Crippen LogP contribution in [0.3, 0.4) is 0 Å². The molecule has 3 rings (SSSR count). The Labute approximate surface area is 122 Å². The molecular weight excluding hydrogens is 272 g/mol.